The molecule has 1 heterocycles. The minimum Gasteiger partial charge on any atom is -0.277 e. The molecule has 0 bridgehead atoms. The largest absolute Gasteiger partial charge is 0.277 e. The second-order valence-electron chi connectivity index (χ2n) is 3.75. The van der Waals surface area contributed by atoms with Gasteiger partial charge in [-0.1, -0.05) is 23.2 Å². The van der Waals surface area contributed by atoms with E-state index in [0.717, 1.165) is 20.5 Å². The number of nitrogens with one attached hydrogen (secondary N) is 1. The van der Waals surface area contributed by atoms with Gasteiger partial charge >= 0.3 is 0 Å². The third-order valence-corrected chi connectivity index (χ3v) is 6.65. The van der Waals surface area contributed by atoms with Gasteiger partial charge in [-0.2, -0.15) is 0 Å². The van der Waals surface area contributed by atoms with Crippen LogP contribution in [-0.4, -0.2) is 8.42 Å². The van der Waals surface area contributed by atoms with Gasteiger partial charge in [0, 0.05) is 3.57 Å². The SMILES string of the molecule is Cc1cc(S(=O)(=O)Nc2ccc(I)cc2Cl)sc1Cl. The van der Waals surface area contributed by atoms with Crippen LogP contribution in [0.4, 0.5) is 5.69 Å². The Labute approximate surface area is 139 Å². The molecule has 2 aromatic rings. The molecule has 1 aromatic carbocycles. The number of aryl methyl sites for hydroxylation is 1. The van der Waals surface area contributed by atoms with E-state index in [9.17, 15) is 8.42 Å². The maximum atomic E-state index is 12.2. The summed E-state index contributed by atoms with van der Waals surface area (Å²) in [5.41, 5.74) is 1.09. The molecule has 0 radical (unpaired) electrons. The number of sulfonamides is 1. The van der Waals surface area contributed by atoms with E-state index < -0.39 is 10.0 Å². The summed E-state index contributed by atoms with van der Waals surface area (Å²) in [6.07, 6.45) is 0. The summed E-state index contributed by atoms with van der Waals surface area (Å²) in [7, 11) is -3.65. The molecule has 0 atom stereocenters. The Balaban J connectivity index is 2.36. The van der Waals surface area contributed by atoms with E-state index >= 15 is 0 Å². The molecule has 0 aliphatic heterocycles. The Kier molecular flexibility index (Phi) is 4.67. The fourth-order valence-electron chi connectivity index (χ4n) is 1.33. The molecule has 19 heavy (non-hydrogen) atoms. The highest BCUT2D eigenvalue weighted by Gasteiger charge is 2.19. The van der Waals surface area contributed by atoms with Gasteiger partial charge in [0.1, 0.15) is 4.21 Å². The quantitative estimate of drug-likeness (QED) is 0.689. The second-order valence-corrected chi connectivity index (χ2v) is 8.97. The van der Waals surface area contributed by atoms with Crippen molar-refractivity contribution < 1.29 is 8.42 Å². The minimum absolute atomic E-state index is 0.171. The Hall–Kier alpha value is -0.0200. The smallest absolute Gasteiger partial charge is 0.271 e. The summed E-state index contributed by atoms with van der Waals surface area (Å²) in [6.45, 7) is 1.76. The van der Waals surface area contributed by atoms with E-state index in [4.69, 9.17) is 23.2 Å². The van der Waals surface area contributed by atoms with Crippen LogP contribution in [0.5, 0.6) is 0 Å². The lowest BCUT2D eigenvalue weighted by Crippen LogP contribution is -2.11. The topological polar surface area (TPSA) is 46.2 Å². The van der Waals surface area contributed by atoms with E-state index in [1.807, 2.05) is 0 Å². The van der Waals surface area contributed by atoms with Gasteiger partial charge in [-0.05, 0) is 59.3 Å². The third-order valence-electron chi connectivity index (χ3n) is 2.27. The van der Waals surface area contributed by atoms with Gasteiger partial charge in [-0.25, -0.2) is 8.42 Å². The fourth-order valence-corrected chi connectivity index (χ4v) is 5.08. The Bertz CT molecular complexity index is 709. The van der Waals surface area contributed by atoms with Gasteiger partial charge in [-0.3, -0.25) is 4.72 Å². The number of hydrogen-bond donors (Lipinski definition) is 1. The number of benzene rings is 1. The molecule has 1 N–H and O–H groups in total. The lowest BCUT2D eigenvalue weighted by Gasteiger charge is -2.08. The highest BCUT2D eigenvalue weighted by molar-refractivity contribution is 14.1. The lowest BCUT2D eigenvalue weighted by atomic mass is 10.3. The summed E-state index contributed by atoms with van der Waals surface area (Å²) in [5.74, 6) is 0. The molecule has 1 aromatic heterocycles. The van der Waals surface area contributed by atoms with Crippen molar-refractivity contribution in [1.82, 2.24) is 0 Å². The number of rotatable bonds is 3. The molecule has 2 rings (SSSR count). The molecular weight excluding hydrogens is 440 g/mol. The van der Waals surface area contributed by atoms with Crippen molar-refractivity contribution in [3.05, 3.63) is 42.8 Å². The Morgan fingerprint density at radius 1 is 1.26 bits per heavy atom. The monoisotopic (exact) mass is 447 g/mol. The van der Waals surface area contributed by atoms with Crippen LogP contribution in [0.15, 0.2) is 28.5 Å². The molecule has 0 fully saturated rings. The average molecular weight is 448 g/mol. The number of halogens is 3. The van der Waals surface area contributed by atoms with Crippen LogP contribution < -0.4 is 4.72 Å². The van der Waals surface area contributed by atoms with Crippen molar-refractivity contribution in [3.63, 3.8) is 0 Å². The van der Waals surface area contributed by atoms with Crippen molar-refractivity contribution in [3.8, 4) is 0 Å². The van der Waals surface area contributed by atoms with Crippen molar-refractivity contribution >= 4 is 72.8 Å². The standard InChI is InChI=1S/C11H8Cl2INO2S2/c1-6-4-10(18-11(6)13)19(16,17)15-9-3-2-7(14)5-8(9)12/h2-5,15H,1H3. The number of anilines is 1. The van der Waals surface area contributed by atoms with Gasteiger partial charge in [0.2, 0.25) is 0 Å². The van der Waals surface area contributed by atoms with Crippen molar-refractivity contribution in [2.24, 2.45) is 0 Å². The first-order valence-electron chi connectivity index (χ1n) is 5.03. The molecule has 0 aliphatic carbocycles. The third kappa shape index (κ3) is 3.55. The Morgan fingerprint density at radius 2 is 1.95 bits per heavy atom. The Morgan fingerprint density at radius 3 is 2.47 bits per heavy atom. The first-order valence-corrected chi connectivity index (χ1v) is 9.17. The lowest BCUT2D eigenvalue weighted by molar-refractivity contribution is 0.603. The summed E-state index contributed by atoms with van der Waals surface area (Å²) < 4.78 is 28.4. The van der Waals surface area contributed by atoms with E-state index in [1.54, 1.807) is 25.1 Å². The van der Waals surface area contributed by atoms with Crippen molar-refractivity contribution in [2.75, 3.05) is 4.72 Å². The second kappa shape index (κ2) is 5.77. The predicted octanol–water partition coefficient (Wildman–Crippen LogP) is 4.77. The van der Waals surface area contributed by atoms with Crippen LogP contribution in [0.2, 0.25) is 9.36 Å². The summed E-state index contributed by atoms with van der Waals surface area (Å²) in [4.78, 5) is 0. The molecule has 0 spiro atoms. The molecule has 3 nitrogen and oxygen atoms in total. The van der Waals surface area contributed by atoms with Crippen LogP contribution in [0.3, 0.4) is 0 Å². The van der Waals surface area contributed by atoms with Gasteiger partial charge in [0.05, 0.1) is 15.0 Å². The summed E-state index contributed by atoms with van der Waals surface area (Å²) in [5, 5.41) is 0.356. The highest BCUT2D eigenvalue weighted by Crippen LogP contribution is 2.32. The summed E-state index contributed by atoms with van der Waals surface area (Å²) >= 11 is 15.0. The number of thiophene rings is 1. The van der Waals surface area contributed by atoms with Gasteiger partial charge in [0.15, 0.2) is 0 Å². The van der Waals surface area contributed by atoms with Crippen molar-refractivity contribution in [1.29, 1.82) is 0 Å². The molecule has 102 valence electrons. The van der Waals surface area contributed by atoms with E-state index in [2.05, 4.69) is 27.3 Å². The molecule has 8 heteroatoms. The molecule has 0 aliphatic rings. The van der Waals surface area contributed by atoms with Gasteiger partial charge in [-0.15, -0.1) is 11.3 Å². The van der Waals surface area contributed by atoms with Crippen LogP contribution in [0.25, 0.3) is 0 Å². The van der Waals surface area contributed by atoms with Crippen LogP contribution in [-0.2, 0) is 10.0 Å². The maximum Gasteiger partial charge on any atom is 0.271 e. The minimum atomic E-state index is -3.65. The van der Waals surface area contributed by atoms with Crippen molar-refractivity contribution in [2.45, 2.75) is 11.1 Å². The van der Waals surface area contributed by atoms with E-state index in [0.29, 0.717) is 15.0 Å². The zero-order valence-corrected chi connectivity index (χ0v) is 14.9. The molecule has 0 saturated heterocycles. The molecule has 0 unspecified atom stereocenters. The van der Waals surface area contributed by atoms with Crippen LogP contribution in [0, 0.1) is 10.5 Å². The van der Waals surface area contributed by atoms with Crippen LogP contribution >= 0.6 is 57.1 Å². The van der Waals surface area contributed by atoms with Gasteiger partial charge in [0.25, 0.3) is 10.0 Å². The first kappa shape index (κ1) is 15.4. The predicted molar refractivity (Wildman–Crippen MR) is 89.0 cm³/mol. The maximum absolute atomic E-state index is 12.2. The van der Waals surface area contributed by atoms with E-state index in [1.165, 1.54) is 6.07 Å². The average Bonchev–Trinajstić information content (AvgIpc) is 2.64. The first-order chi connectivity index (χ1) is 8.79. The van der Waals surface area contributed by atoms with E-state index in [-0.39, 0.29) is 4.21 Å². The highest BCUT2D eigenvalue weighted by atomic mass is 127. The number of hydrogen-bond acceptors (Lipinski definition) is 3. The fraction of sp³-hybridized carbons (Fsp3) is 0.0909. The van der Waals surface area contributed by atoms with Gasteiger partial charge < -0.3 is 0 Å². The normalized spacial score (nSPS) is 11.6. The molecule has 0 amide bonds. The molecular formula is C11H8Cl2INO2S2. The van der Waals surface area contributed by atoms with Crippen LogP contribution in [0.1, 0.15) is 5.56 Å². The zero-order valence-electron chi connectivity index (χ0n) is 9.58. The zero-order chi connectivity index (χ0) is 14.2. The summed E-state index contributed by atoms with van der Waals surface area (Å²) in [6, 6.07) is 6.63. The molecule has 0 saturated carbocycles.